The lowest BCUT2D eigenvalue weighted by Gasteiger charge is -2.27. The van der Waals surface area contributed by atoms with Crippen molar-refractivity contribution in [2.24, 2.45) is 0 Å². The Kier molecular flexibility index (Phi) is 4.58. The zero-order valence-electron chi connectivity index (χ0n) is 13.3. The van der Waals surface area contributed by atoms with Crippen molar-refractivity contribution in [3.63, 3.8) is 0 Å². The normalized spacial score (nSPS) is 15.2. The number of hydrogen-bond donors (Lipinski definition) is 2. The van der Waals surface area contributed by atoms with Gasteiger partial charge in [0.15, 0.2) is 0 Å². The lowest BCUT2D eigenvalue weighted by atomic mass is 9.99. The van der Waals surface area contributed by atoms with Crippen molar-refractivity contribution in [3.05, 3.63) is 35.1 Å². The number of piperidine rings is 1. The highest BCUT2D eigenvalue weighted by atomic mass is 19.1. The molecule has 1 aliphatic heterocycles. The molecule has 4 N–H and O–H groups in total. The van der Waals surface area contributed by atoms with E-state index in [1.807, 2.05) is 6.07 Å². The van der Waals surface area contributed by atoms with Gasteiger partial charge in [0, 0.05) is 12.1 Å². The van der Waals surface area contributed by atoms with Crippen LogP contribution in [0.3, 0.4) is 0 Å². The van der Waals surface area contributed by atoms with Gasteiger partial charge in [-0.1, -0.05) is 6.42 Å². The number of nitrogens with zero attached hydrogens (tertiary/aromatic N) is 4. The van der Waals surface area contributed by atoms with Crippen molar-refractivity contribution in [1.82, 2.24) is 14.9 Å². The van der Waals surface area contributed by atoms with E-state index in [-0.39, 0.29) is 23.1 Å². The van der Waals surface area contributed by atoms with Crippen LogP contribution < -0.4 is 11.5 Å². The number of rotatable bonds is 3. The van der Waals surface area contributed by atoms with Gasteiger partial charge < -0.3 is 11.5 Å². The number of nitrogen functional groups attached to an aromatic ring is 2. The largest absolute Gasteiger partial charge is 0.382 e. The fraction of sp³-hybridized carbons (Fsp3) is 0.353. The molecule has 0 bridgehead atoms. The predicted octanol–water partition coefficient (Wildman–Crippen LogP) is 2.30. The molecule has 0 spiro atoms. The molecule has 1 aliphatic rings. The summed E-state index contributed by atoms with van der Waals surface area (Å²) in [6.07, 6.45) is 3.51. The molecular weight excluding hydrogens is 307 g/mol. The van der Waals surface area contributed by atoms with Gasteiger partial charge in [-0.3, -0.25) is 4.90 Å². The summed E-state index contributed by atoms with van der Waals surface area (Å²) >= 11 is 0. The summed E-state index contributed by atoms with van der Waals surface area (Å²) in [4.78, 5) is 10.3. The van der Waals surface area contributed by atoms with E-state index in [4.69, 9.17) is 11.5 Å². The Morgan fingerprint density at radius 1 is 1.17 bits per heavy atom. The molecule has 0 atom stereocenters. The van der Waals surface area contributed by atoms with E-state index >= 15 is 0 Å². The third kappa shape index (κ3) is 3.29. The van der Waals surface area contributed by atoms with Crippen LogP contribution in [0, 0.1) is 17.1 Å². The van der Waals surface area contributed by atoms with Crippen LogP contribution in [-0.2, 0) is 6.54 Å². The molecule has 2 heterocycles. The van der Waals surface area contributed by atoms with Crippen molar-refractivity contribution in [3.8, 4) is 17.3 Å². The lowest BCUT2D eigenvalue weighted by molar-refractivity contribution is 0.221. The summed E-state index contributed by atoms with van der Waals surface area (Å²) in [7, 11) is 0. The molecule has 0 amide bonds. The van der Waals surface area contributed by atoms with Gasteiger partial charge in [-0.25, -0.2) is 9.37 Å². The van der Waals surface area contributed by atoms with E-state index in [9.17, 15) is 9.65 Å². The van der Waals surface area contributed by atoms with E-state index in [1.165, 1.54) is 18.6 Å². The number of halogens is 1. The number of nitriles is 1. The molecule has 124 valence electrons. The zero-order chi connectivity index (χ0) is 17.1. The Balaban J connectivity index is 2.07. The molecule has 7 heteroatoms. The minimum Gasteiger partial charge on any atom is -0.382 e. The van der Waals surface area contributed by atoms with Crippen molar-refractivity contribution < 1.29 is 4.39 Å². The Hall–Kier alpha value is -2.72. The quantitative estimate of drug-likeness (QED) is 0.896. The van der Waals surface area contributed by atoms with E-state index in [2.05, 4.69) is 14.9 Å². The van der Waals surface area contributed by atoms with Crippen LogP contribution >= 0.6 is 0 Å². The molecule has 6 nitrogen and oxygen atoms in total. The lowest BCUT2D eigenvalue weighted by Crippen LogP contribution is -2.29. The number of likely N-dealkylation sites (tertiary alicyclic amines) is 1. The smallest absolute Gasteiger partial charge is 0.222 e. The summed E-state index contributed by atoms with van der Waals surface area (Å²) < 4.78 is 13.8. The maximum absolute atomic E-state index is 13.8. The molecule has 0 aliphatic carbocycles. The summed E-state index contributed by atoms with van der Waals surface area (Å²) in [5.41, 5.74) is 13.4. The van der Waals surface area contributed by atoms with E-state index < -0.39 is 0 Å². The number of anilines is 2. The van der Waals surface area contributed by atoms with Crippen molar-refractivity contribution in [2.75, 3.05) is 24.6 Å². The standard InChI is InChI=1S/C17H19FN6/c18-12-4-5-13(11(8-12)10-24-6-2-1-3-7-24)15-14(9-19)16(20)23-17(21)22-15/h4-5,8H,1-3,6-7,10H2,(H4,20,21,22,23). The van der Waals surface area contributed by atoms with Crippen molar-refractivity contribution >= 4 is 11.8 Å². The molecule has 1 aromatic carbocycles. The molecule has 2 aromatic rings. The highest BCUT2D eigenvalue weighted by Gasteiger charge is 2.19. The van der Waals surface area contributed by atoms with E-state index in [0.717, 1.165) is 31.5 Å². The zero-order valence-corrected chi connectivity index (χ0v) is 13.3. The first-order chi connectivity index (χ1) is 11.6. The van der Waals surface area contributed by atoms with Crippen LogP contribution in [0.4, 0.5) is 16.2 Å². The summed E-state index contributed by atoms with van der Waals surface area (Å²) in [6.45, 7) is 2.56. The predicted molar refractivity (Wildman–Crippen MR) is 90.1 cm³/mol. The first-order valence-corrected chi connectivity index (χ1v) is 7.92. The molecule has 0 unspecified atom stereocenters. The Morgan fingerprint density at radius 3 is 2.62 bits per heavy atom. The topological polar surface area (TPSA) is 105 Å². The maximum atomic E-state index is 13.8. The fourth-order valence-electron chi connectivity index (χ4n) is 3.08. The van der Waals surface area contributed by atoms with Crippen molar-refractivity contribution in [1.29, 1.82) is 5.26 Å². The number of nitrogens with two attached hydrogens (primary N) is 2. The second kappa shape index (κ2) is 6.81. The molecule has 24 heavy (non-hydrogen) atoms. The Morgan fingerprint density at radius 2 is 1.92 bits per heavy atom. The molecule has 1 aromatic heterocycles. The van der Waals surface area contributed by atoms with Gasteiger partial charge in [-0.15, -0.1) is 0 Å². The Labute approximate surface area is 139 Å². The summed E-state index contributed by atoms with van der Waals surface area (Å²) in [6, 6.07) is 6.48. The average Bonchev–Trinajstić information content (AvgIpc) is 2.55. The molecular formula is C17H19FN6. The van der Waals surface area contributed by atoms with Crippen LogP contribution in [0.2, 0.25) is 0 Å². The first kappa shape index (κ1) is 16.1. The van der Waals surface area contributed by atoms with Gasteiger partial charge in [-0.05, 0) is 49.7 Å². The van der Waals surface area contributed by atoms with Gasteiger partial charge in [0.05, 0.1) is 5.69 Å². The van der Waals surface area contributed by atoms with Crippen molar-refractivity contribution in [2.45, 2.75) is 25.8 Å². The number of benzene rings is 1. The molecule has 1 fully saturated rings. The number of hydrogen-bond acceptors (Lipinski definition) is 6. The van der Waals surface area contributed by atoms with Gasteiger partial charge in [0.2, 0.25) is 5.95 Å². The highest BCUT2D eigenvalue weighted by Crippen LogP contribution is 2.30. The molecule has 3 rings (SSSR count). The summed E-state index contributed by atoms with van der Waals surface area (Å²) in [5, 5.41) is 9.38. The fourth-order valence-corrected chi connectivity index (χ4v) is 3.08. The van der Waals surface area contributed by atoms with Gasteiger partial charge >= 0.3 is 0 Å². The number of aromatic nitrogens is 2. The third-order valence-corrected chi connectivity index (χ3v) is 4.23. The molecule has 1 saturated heterocycles. The second-order valence-corrected chi connectivity index (χ2v) is 5.94. The van der Waals surface area contributed by atoms with Crippen LogP contribution in [0.5, 0.6) is 0 Å². The van der Waals surface area contributed by atoms with Gasteiger partial charge in [-0.2, -0.15) is 10.2 Å². The highest BCUT2D eigenvalue weighted by molar-refractivity contribution is 5.75. The minimum absolute atomic E-state index is 0.00486. The van der Waals surface area contributed by atoms with Crippen LogP contribution in [0.1, 0.15) is 30.4 Å². The maximum Gasteiger partial charge on any atom is 0.222 e. The second-order valence-electron chi connectivity index (χ2n) is 5.94. The van der Waals surface area contributed by atoms with Gasteiger partial charge in [0.25, 0.3) is 0 Å². The Bertz CT molecular complexity index is 792. The van der Waals surface area contributed by atoms with Crippen LogP contribution in [0.25, 0.3) is 11.3 Å². The van der Waals surface area contributed by atoms with Gasteiger partial charge in [0.1, 0.15) is 23.3 Å². The van der Waals surface area contributed by atoms with E-state index in [0.29, 0.717) is 17.8 Å². The van der Waals surface area contributed by atoms with Crippen LogP contribution in [-0.4, -0.2) is 28.0 Å². The van der Waals surface area contributed by atoms with Crippen LogP contribution in [0.15, 0.2) is 18.2 Å². The first-order valence-electron chi connectivity index (χ1n) is 7.92. The molecule has 0 radical (unpaired) electrons. The SMILES string of the molecule is N#Cc1c(N)nc(N)nc1-c1ccc(F)cc1CN1CCCCC1. The monoisotopic (exact) mass is 326 g/mol. The minimum atomic E-state index is -0.320. The third-order valence-electron chi connectivity index (χ3n) is 4.23. The molecule has 0 saturated carbocycles. The average molecular weight is 326 g/mol. The summed E-state index contributed by atoms with van der Waals surface area (Å²) in [5.74, 6) is -0.290. The van der Waals surface area contributed by atoms with E-state index in [1.54, 1.807) is 6.07 Å².